The van der Waals surface area contributed by atoms with Crippen LogP contribution in [0.5, 0.6) is 0 Å². The van der Waals surface area contributed by atoms with Crippen LogP contribution in [0, 0.1) is 56.7 Å². The number of carbonyl (C=O) groups is 2. The first kappa shape index (κ1) is 36.4. The second-order valence-corrected chi connectivity index (χ2v) is 19.4. The van der Waals surface area contributed by atoms with E-state index < -0.39 is 11.4 Å². The molecule has 2 N–H and O–H groups in total. The van der Waals surface area contributed by atoms with Crippen LogP contribution in [0.3, 0.4) is 0 Å². The number of hydrogen-bond donors (Lipinski definition) is 2. The highest BCUT2D eigenvalue weighted by Gasteiger charge is 2.71. The zero-order valence-corrected chi connectivity index (χ0v) is 31.7. The molecule has 1 saturated heterocycles. The summed E-state index contributed by atoms with van der Waals surface area (Å²) in [6.07, 6.45) is 11.7. The first-order chi connectivity index (χ1) is 22.4. The minimum absolute atomic E-state index is 0.163. The highest BCUT2D eigenvalue weighted by molar-refractivity contribution is 5.82. The summed E-state index contributed by atoms with van der Waals surface area (Å²) in [5.74, 6) is 1.75. The first-order valence-electron chi connectivity index (χ1n) is 19.5. The van der Waals surface area contributed by atoms with Crippen LogP contribution in [0.2, 0.25) is 0 Å². The Morgan fingerprint density at radius 2 is 1.62 bits per heavy atom. The van der Waals surface area contributed by atoms with Gasteiger partial charge in [-0.25, -0.2) is 0 Å². The Bertz CT molecular complexity index is 1260. The van der Waals surface area contributed by atoms with Crippen molar-refractivity contribution in [2.75, 3.05) is 39.4 Å². The van der Waals surface area contributed by atoms with Crippen LogP contribution >= 0.6 is 0 Å². The zero-order valence-electron chi connectivity index (χ0n) is 31.7. The number of carbonyl (C=O) groups excluding carboxylic acids is 1. The van der Waals surface area contributed by atoms with Gasteiger partial charge in [0.15, 0.2) is 0 Å². The monoisotopic (exact) mass is 669 g/mol. The largest absolute Gasteiger partial charge is 0.481 e. The molecule has 5 saturated carbocycles. The quantitative estimate of drug-likeness (QED) is 0.192. The molecule has 0 spiro atoms. The molecule has 0 amide bonds. The maximum Gasteiger partial charge on any atom is 0.312 e. The fraction of sp³-hybridized carbons (Fsp3) is 0.902. The van der Waals surface area contributed by atoms with Crippen LogP contribution in [0.15, 0.2) is 12.2 Å². The van der Waals surface area contributed by atoms with Crippen molar-refractivity contribution in [3.05, 3.63) is 12.2 Å². The molecule has 1 heterocycles. The Morgan fingerprint density at radius 1 is 0.917 bits per heavy atom. The number of carboxylic acids is 1. The van der Waals surface area contributed by atoms with Crippen molar-refractivity contribution < 1.29 is 24.2 Å². The Balaban J connectivity index is 1.22. The van der Waals surface area contributed by atoms with Gasteiger partial charge in [-0.15, -0.1) is 0 Å². The lowest BCUT2D eigenvalue weighted by molar-refractivity contribution is -0.247. The molecule has 272 valence electrons. The molecule has 6 rings (SSSR count). The summed E-state index contributed by atoms with van der Waals surface area (Å²) in [5.41, 5.74) is 1.18. The molecule has 0 aromatic carbocycles. The number of carboxylic acid groups (broad SMARTS) is 1. The lowest BCUT2D eigenvalue weighted by Gasteiger charge is -2.73. The molecule has 6 fully saturated rings. The van der Waals surface area contributed by atoms with E-state index in [1.54, 1.807) is 13.8 Å². The fourth-order valence-corrected chi connectivity index (χ4v) is 13.7. The van der Waals surface area contributed by atoms with E-state index in [2.05, 4.69) is 58.3 Å². The van der Waals surface area contributed by atoms with E-state index in [0.717, 1.165) is 52.2 Å². The van der Waals surface area contributed by atoms with Gasteiger partial charge in [0.1, 0.15) is 6.10 Å². The Morgan fingerprint density at radius 3 is 2.29 bits per heavy atom. The summed E-state index contributed by atoms with van der Waals surface area (Å²) < 4.78 is 11.9. The standard InChI is InChI=1S/C41H68N2O5/c1-27(2)28-12-17-41(42-20-21-43-22-24-47-25-23-43)19-18-39(8)29(34(28)41)10-11-31-38(7)15-14-32(48-35(46)36(3,4)26-33(44)45)37(5,6)30(38)13-16-40(31,39)9/h28-32,34,42H,1,10-26H2,2-9H3,(H,44,45)/t28-,29+,30-,31?,32-,34+,38-,39+,40+,41-/m0/s1. The first-order valence-corrected chi connectivity index (χ1v) is 19.5. The highest BCUT2D eigenvalue weighted by Crippen LogP contribution is 2.76. The Labute approximate surface area is 291 Å². The summed E-state index contributed by atoms with van der Waals surface area (Å²) in [6.45, 7) is 29.0. The van der Waals surface area contributed by atoms with Crippen molar-refractivity contribution in [3.8, 4) is 0 Å². The van der Waals surface area contributed by atoms with E-state index in [1.807, 2.05) is 0 Å². The lowest BCUT2D eigenvalue weighted by Crippen LogP contribution is -2.69. The molecule has 0 radical (unpaired) electrons. The van der Waals surface area contributed by atoms with Crippen molar-refractivity contribution in [1.82, 2.24) is 10.2 Å². The number of allylic oxidation sites excluding steroid dienone is 1. The Hall–Kier alpha value is -1.44. The van der Waals surface area contributed by atoms with E-state index in [0.29, 0.717) is 29.6 Å². The van der Waals surface area contributed by atoms with E-state index in [4.69, 9.17) is 9.47 Å². The molecule has 7 nitrogen and oxygen atoms in total. The average molecular weight is 669 g/mol. The van der Waals surface area contributed by atoms with Crippen molar-refractivity contribution in [2.24, 2.45) is 56.7 Å². The SMILES string of the molecule is C=C(C)[C@@H]1CC[C@]2(NCCN3CCOCC3)CC[C@]3(C)[C@H](CCC4[C@@]5(C)CC[C@H](OC(=O)C(C)(C)CC(=O)O)C(C)(C)[C@@H]5CC[C@]43C)[C@@H]12. The van der Waals surface area contributed by atoms with Crippen molar-refractivity contribution >= 4 is 11.9 Å². The molecule has 0 bridgehead atoms. The van der Waals surface area contributed by atoms with Crippen molar-refractivity contribution in [1.29, 1.82) is 0 Å². The number of ether oxygens (including phenoxy) is 2. The van der Waals surface area contributed by atoms with Gasteiger partial charge in [-0.05, 0) is 131 Å². The fourth-order valence-electron chi connectivity index (χ4n) is 13.7. The summed E-state index contributed by atoms with van der Waals surface area (Å²) >= 11 is 0. The molecule has 1 unspecified atom stereocenters. The van der Waals surface area contributed by atoms with E-state index in [1.165, 1.54) is 56.9 Å². The summed E-state index contributed by atoms with van der Waals surface area (Å²) in [6, 6.07) is 0. The number of nitrogens with one attached hydrogen (secondary N) is 1. The molecule has 5 aliphatic carbocycles. The number of esters is 1. The van der Waals surface area contributed by atoms with Crippen LogP contribution in [0.25, 0.3) is 0 Å². The minimum Gasteiger partial charge on any atom is -0.481 e. The average Bonchev–Trinajstić information content (AvgIpc) is 3.39. The van der Waals surface area contributed by atoms with Gasteiger partial charge >= 0.3 is 11.9 Å². The normalized spacial score (nSPS) is 44.1. The van der Waals surface area contributed by atoms with Crippen LogP contribution in [-0.2, 0) is 19.1 Å². The molecule has 6 aliphatic rings. The second-order valence-electron chi connectivity index (χ2n) is 19.4. The number of aliphatic carboxylic acids is 1. The minimum atomic E-state index is -1.03. The van der Waals surface area contributed by atoms with E-state index in [9.17, 15) is 14.7 Å². The summed E-state index contributed by atoms with van der Waals surface area (Å²) in [5, 5.41) is 13.7. The third-order valence-electron chi connectivity index (χ3n) is 16.4. The smallest absolute Gasteiger partial charge is 0.312 e. The van der Waals surface area contributed by atoms with Crippen molar-refractivity contribution in [2.45, 2.75) is 138 Å². The molecule has 10 atom stereocenters. The van der Waals surface area contributed by atoms with Gasteiger partial charge in [0, 0.05) is 37.1 Å². The second kappa shape index (κ2) is 12.7. The topological polar surface area (TPSA) is 88.1 Å². The van der Waals surface area contributed by atoms with E-state index >= 15 is 0 Å². The predicted molar refractivity (Wildman–Crippen MR) is 190 cm³/mol. The maximum atomic E-state index is 13.3. The molecular weight excluding hydrogens is 600 g/mol. The van der Waals surface area contributed by atoms with Gasteiger partial charge in [-0.2, -0.15) is 0 Å². The predicted octanol–water partition coefficient (Wildman–Crippen LogP) is 7.73. The van der Waals surface area contributed by atoms with Crippen LogP contribution in [0.1, 0.15) is 126 Å². The van der Waals surface area contributed by atoms with Gasteiger partial charge in [-0.3, -0.25) is 14.5 Å². The lowest BCUT2D eigenvalue weighted by atomic mass is 9.32. The molecule has 48 heavy (non-hydrogen) atoms. The van der Waals surface area contributed by atoms with Gasteiger partial charge < -0.3 is 19.9 Å². The molecule has 0 aromatic heterocycles. The van der Waals surface area contributed by atoms with Crippen LogP contribution in [0.4, 0.5) is 0 Å². The number of rotatable bonds is 9. The number of morpholine rings is 1. The summed E-state index contributed by atoms with van der Waals surface area (Å²) in [7, 11) is 0. The van der Waals surface area contributed by atoms with Crippen molar-refractivity contribution in [3.63, 3.8) is 0 Å². The number of fused-ring (bicyclic) bond motifs is 7. The molecule has 0 aromatic rings. The van der Waals surface area contributed by atoms with Gasteiger partial charge in [-0.1, -0.05) is 46.8 Å². The van der Waals surface area contributed by atoms with Crippen LogP contribution < -0.4 is 5.32 Å². The third kappa shape index (κ3) is 5.72. The highest BCUT2D eigenvalue weighted by atomic mass is 16.5. The van der Waals surface area contributed by atoms with Gasteiger partial charge in [0.25, 0.3) is 0 Å². The zero-order chi connectivity index (χ0) is 34.9. The summed E-state index contributed by atoms with van der Waals surface area (Å²) in [4.78, 5) is 27.4. The molecule has 7 heteroatoms. The Kier molecular flexibility index (Phi) is 9.58. The molecular formula is C41H68N2O5. The number of hydrogen-bond acceptors (Lipinski definition) is 6. The van der Waals surface area contributed by atoms with Gasteiger partial charge in [0.05, 0.1) is 25.0 Å². The van der Waals surface area contributed by atoms with Crippen LogP contribution in [-0.4, -0.2) is 73.0 Å². The third-order valence-corrected chi connectivity index (χ3v) is 16.4. The molecule has 1 aliphatic heterocycles. The number of nitrogens with zero attached hydrogens (tertiary/aromatic N) is 1. The van der Waals surface area contributed by atoms with Gasteiger partial charge in [0.2, 0.25) is 0 Å². The van der Waals surface area contributed by atoms with E-state index in [-0.39, 0.29) is 45.7 Å². The maximum absolute atomic E-state index is 13.3.